The lowest BCUT2D eigenvalue weighted by Crippen LogP contribution is -2.36. The van der Waals surface area contributed by atoms with Crippen LogP contribution in [0, 0.1) is 17.3 Å². The number of rotatable bonds is 2. The molecule has 0 radical (unpaired) electrons. The van der Waals surface area contributed by atoms with E-state index in [1.165, 1.54) is 0 Å². The first kappa shape index (κ1) is 15.0. The molecule has 5 nitrogen and oxygen atoms in total. The van der Waals surface area contributed by atoms with Gasteiger partial charge in [0, 0.05) is 12.8 Å². The molecular weight excluding hydrogens is 258 g/mol. The Morgan fingerprint density at radius 1 is 1.05 bits per heavy atom. The Kier molecular flexibility index (Phi) is 4.16. The van der Waals surface area contributed by atoms with Gasteiger partial charge in [0.15, 0.2) is 0 Å². The lowest BCUT2D eigenvalue weighted by atomic mass is 9.70. The van der Waals surface area contributed by atoms with Crippen LogP contribution in [0.2, 0.25) is 0 Å². The highest BCUT2D eigenvalue weighted by Gasteiger charge is 2.37. The Bertz CT molecular complexity index is 400. The standard InChI is InChI=1S/C15H23NO4/c1-15(2,3)11-6-4-10(5-7-11)14(19)20-16-12(17)8-9-13(16)18/h10-11H,4-9H2,1-3H3. The molecule has 0 N–H and O–H groups in total. The Morgan fingerprint density at radius 2 is 1.55 bits per heavy atom. The van der Waals surface area contributed by atoms with Crippen LogP contribution in [0.1, 0.15) is 59.3 Å². The topological polar surface area (TPSA) is 63.7 Å². The number of carbonyl (C=O) groups excluding carboxylic acids is 3. The monoisotopic (exact) mass is 281 g/mol. The van der Waals surface area contributed by atoms with Gasteiger partial charge >= 0.3 is 5.97 Å². The summed E-state index contributed by atoms with van der Waals surface area (Å²) in [5, 5.41) is 0.651. The molecule has 1 aliphatic heterocycles. The van der Waals surface area contributed by atoms with Gasteiger partial charge in [-0.15, -0.1) is 5.06 Å². The highest BCUT2D eigenvalue weighted by Crippen LogP contribution is 2.40. The number of hydrogen-bond donors (Lipinski definition) is 0. The summed E-state index contributed by atoms with van der Waals surface area (Å²) in [5.74, 6) is -0.823. The van der Waals surface area contributed by atoms with E-state index in [0.29, 0.717) is 11.0 Å². The summed E-state index contributed by atoms with van der Waals surface area (Å²) >= 11 is 0. The van der Waals surface area contributed by atoms with Crippen LogP contribution >= 0.6 is 0 Å². The van der Waals surface area contributed by atoms with E-state index in [1.807, 2.05) is 0 Å². The number of nitrogens with zero attached hydrogens (tertiary/aromatic N) is 1. The van der Waals surface area contributed by atoms with Crippen LogP contribution in [0.3, 0.4) is 0 Å². The van der Waals surface area contributed by atoms with Gasteiger partial charge in [0.25, 0.3) is 11.8 Å². The van der Waals surface area contributed by atoms with E-state index in [9.17, 15) is 14.4 Å². The normalized spacial score (nSPS) is 27.9. The molecule has 0 spiro atoms. The fraction of sp³-hybridized carbons (Fsp3) is 0.800. The minimum absolute atomic E-state index is 0.142. The van der Waals surface area contributed by atoms with Crippen LogP contribution in [-0.2, 0) is 19.2 Å². The van der Waals surface area contributed by atoms with Gasteiger partial charge in [0.05, 0.1) is 5.92 Å². The largest absolute Gasteiger partial charge is 0.336 e. The third-order valence-electron chi connectivity index (χ3n) is 4.47. The molecule has 2 aliphatic rings. The molecule has 1 saturated heterocycles. The van der Waals surface area contributed by atoms with Gasteiger partial charge in [0.2, 0.25) is 0 Å². The highest BCUT2D eigenvalue weighted by atomic mass is 16.7. The fourth-order valence-electron chi connectivity index (χ4n) is 3.02. The van der Waals surface area contributed by atoms with Gasteiger partial charge in [-0.1, -0.05) is 20.8 Å². The van der Waals surface area contributed by atoms with Crippen LogP contribution in [0.25, 0.3) is 0 Å². The van der Waals surface area contributed by atoms with Crippen LogP contribution in [-0.4, -0.2) is 22.8 Å². The van der Waals surface area contributed by atoms with E-state index in [-0.39, 0.29) is 24.2 Å². The molecule has 112 valence electrons. The van der Waals surface area contributed by atoms with Gasteiger partial charge in [-0.05, 0) is 37.0 Å². The molecule has 0 unspecified atom stereocenters. The van der Waals surface area contributed by atoms with Crippen molar-refractivity contribution in [3.8, 4) is 0 Å². The van der Waals surface area contributed by atoms with Crippen LogP contribution in [0.15, 0.2) is 0 Å². The molecule has 2 rings (SSSR count). The second-order valence-electron chi connectivity index (χ2n) is 6.91. The lowest BCUT2D eigenvalue weighted by Gasteiger charge is -2.36. The van der Waals surface area contributed by atoms with Crippen molar-refractivity contribution in [3.05, 3.63) is 0 Å². The second kappa shape index (κ2) is 5.54. The number of hydrogen-bond acceptors (Lipinski definition) is 4. The fourth-order valence-corrected chi connectivity index (χ4v) is 3.02. The van der Waals surface area contributed by atoms with Crippen LogP contribution in [0.5, 0.6) is 0 Å². The summed E-state index contributed by atoms with van der Waals surface area (Å²) < 4.78 is 0. The Balaban J connectivity index is 1.86. The lowest BCUT2D eigenvalue weighted by molar-refractivity contribution is -0.201. The van der Waals surface area contributed by atoms with Crippen LogP contribution in [0.4, 0.5) is 0 Å². The van der Waals surface area contributed by atoms with E-state index in [4.69, 9.17) is 4.84 Å². The van der Waals surface area contributed by atoms with Gasteiger partial charge < -0.3 is 4.84 Å². The molecule has 2 fully saturated rings. The molecule has 1 aliphatic carbocycles. The van der Waals surface area contributed by atoms with E-state index in [1.54, 1.807) is 0 Å². The van der Waals surface area contributed by atoms with Crippen molar-refractivity contribution in [1.82, 2.24) is 5.06 Å². The van der Waals surface area contributed by atoms with E-state index >= 15 is 0 Å². The van der Waals surface area contributed by atoms with Gasteiger partial charge in [0.1, 0.15) is 0 Å². The summed E-state index contributed by atoms with van der Waals surface area (Å²) in [4.78, 5) is 39.9. The van der Waals surface area contributed by atoms with Gasteiger partial charge in [-0.2, -0.15) is 0 Å². The van der Waals surface area contributed by atoms with E-state index < -0.39 is 17.8 Å². The summed E-state index contributed by atoms with van der Waals surface area (Å²) in [6.45, 7) is 6.66. The molecule has 1 heterocycles. The number of amides is 2. The second-order valence-corrected chi connectivity index (χ2v) is 6.91. The molecule has 5 heteroatoms. The molecular formula is C15H23NO4. The first-order valence-corrected chi connectivity index (χ1v) is 7.36. The molecule has 1 saturated carbocycles. The van der Waals surface area contributed by atoms with E-state index in [2.05, 4.69) is 20.8 Å². The minimum atomic E-state index is -0.430. The molecule has 0 bridgehead atoms. The van der Waals surface area contributed by atoms with Crippen LogP contribution < -0.4 is 0 Å². The van der Waals surface area contributed by atoms with Crippen molar-refractivity contribution in [2.45, 2.75) is 59.3 Å². The van der Waals surface area contributed by atoms with Crippen molar-refractivity contribution in [3.63, 3.8) is 0 Å². The number of carbonyl (C=O) groups is 3. The van der Waals surface area contributed by atoms with Crippen molar-refractivity contribution < 1.29 is 19.2 Å². The average molecular weight is 281 g/mol. The first-order valence-electron chi connectivity index (χ1n) is 7.36. The molecule has 0 aromatic carbocycles. The minimum Gasteiger partial charge on any atom is -0.330 e. The number of hydroxylamine groups is 2. The smallest absolute Gasteiger partial charge is 0.330 e. The summed E-state index contributed by atoms with van der Waals surface area (Å²) in [6, 6.07) is 0. The predicted octanol–water partition coefficient (Wildman–Crippen LogP) is 2.45. The molecule has 0 aromatic heterocycles. The van der Waals surface area contributed by atoms with Crippen molar-refractivity contribution in [2.24, 2.45) is 17.3 Å². The Labute approximate surface area is 119 Å². The predicted molar refractivity (Wildman–Crippen MR) is 72.1 cm³/mol. The first-order chi connectivity index (χ1) is 9.29. The quantitative estimate of drug-likeness (QED) is 0.729. The van der Waals surface area contributed by atoms with Gasteiger partial charge in [-0.25, -0.2) is 4.79 Å². The van der Waals surface area contributed by atoms with E-state index in [0.717, 1.165) is 25.7 Å². The zero-order chi connectivity index (χ0) is 14.9. The summed E-state index contributed by atoms with van der Waals surface area (Å²) in [6.07, 6.45) is 3.82. The van der Waals surface area contributed by atoms with Gasteiger partial charge in [-0.3, -0.25) is 9.59 Å². The molecule has 20 heavy (non-hydrogen) atoms. The third-order valence-corrected chi connectivity index (χ3v) is 4.47. The Hall–Kier alpha value is -1.39. The van der Waals surface area contributed by atoms with Crippen molar-refractivity contribution >= 4 is 17.8 Å². The highest BCUT2D eigenvalue weighted by molar-refractivity contribution is 6.01. The maximum Gasteiger partial charge on any atom is 0.336 e. The Morgan fingerprint density at radius 3 is 2.00 bits per heavy atom. The number of imide groups is 1. The summed E-state index contributed by atoms with van der Waals surface area (Å²) in [5.41, 5.74) is 0.260. The maximum absolute atomic E-state index is 12.0. The molecule has 0 aromatic rings. The molecule has 2 amide bonds. The third kappa shape index (κ3) is 3.19. The summed E-state index contributed by atoms with van der Waals surface area (Å²) in [7, 11) is 0. The zero-order valence-electron chi connectivity index (χ0n) is 12.5. The molecule has 0 atom stereocenters. The maximum atomic E-state index is 12.0. The zero-order valence-corrected chi connectivity index (χ0v) is 12.5. The average Bonchev–Trinajstić information content (AvgIpc) is 2.69. The van der Waals surface area contributed by atoms with Crippen molar-refractivity contribution in [2.75, 3.05) is 0 Å². The van der Waals surface area contributed by atoms with Crippen molar-refractivity contribution in [1.29, 1.82) is 0 Å². The SMILES string of the molecule is CC(C)(C)C1CCC(C(=O)ON2C(=O)CCC2=O)CC1.